The van der Waals surface area contributed by atoms with Crippen LogP contribution in [0.4, 0.5) is 5.00 Å². The van der Waals surface area contributed by atoms with Crippen LogP contribution in [0.1, 0.15) is 54.1 Å². The van der Waals surface area contributed by atoms with Gasteiger partial charge in [-0.15, -0.1) is 23.1 Å². The molecule has 0 aliphatic heterocycles. The minimum atomic E-state index is -0.139. The van der Waals surface area contributed by atoms with Gasteiger partial charge in [-0.3, -0.25) is 4.79 Å². The molecule has 0 radical (unpaired) electrons. The number of hydrogen-bond acceptors (Lipinski definition) is 6. The molecule has 0 bridgehead atoms. The molecule has 0 saturated carbocycles. The minimum Gasteiger partial charge on any atom is -0.317 e. The number of nitrogens with one attached hydrogen (secondary N) is 1. The molecule has 32 heavy (non-hydrogen) atoms. The Bertz CT molecular complexity index is 1260. The quantitative estimate of drug-likeness (QED) is 0.465. The van der Waals surface area contributed by atoms with Crippen LogP contribution in [-0.4, -0.2) is 16.6 Å². The number of carbonyl (C=O) groups is 1. The van der Waals surface area contributed by atoms with Gasteiger partial charge < -0.3 is 5.32 Å². The highest BCUT2D eigenvalue weighted by molar-refractivity contribution is 7.99. The van der Waals surface area contributed by atoms with E-state index >= 15 is 0 Å². The number of thiophene rings is 1. The van der Waals surface area contributed by atoms with E-state index < -0.39 is 0 Å². The van der Waals surface area contributed by atoms with Crippen molar-refractivity contribution in [2.75, 3.05) is 11.1 Å². The molecule has 2 aromatic heterocycles. The van der Waals surface area contributed by atoms with Crippen molar-refractivity contribution >= 4 is 34.0 Å². The molecule has 3 aromatic rings. The van der Waals surface area contributed by atoms with Crippen LogP contribution >= 0.6 is 23.1 Å². The van der Waals surface area contributed by atoms with Gasteiger partial charge in [0.25, 0.3) is 0 Å². The lowest BCUT2D eigenvalue weighted by Crippen LogP contribution is -2.12. The molecule has 0 saturated heterocycles. The van der Waals surface area contributed by atoms with Gasteiger partial charge in [-0.25, -0.2) is 4.98 Å². The predicted octanol–water partition coefficient (Wildman–Crippen LogP) is 5.90. The van der Waals surface area contributed by atoms with E-state index in [4.69, 9.17) is 0 Å². The van der Waals surface area contributed by atoms with E-state index in [1.54, 1.807) is 6.07 Å². The van der Waals surface area contributed by atoms with Crippen LogP contribution < -0.4 is 5.32 Å². The second-order valence-electron chi connectivity index (χ2n) is 7.88. The zero-order valence-corrected chi connectivity index (χ0v) is 19.6. The number of aryl methyl sites for hydroxylation is 1. The van der Waals surface area contributed by atoms with E-state index in [2.05, 4.69) is 48.4 Å². The van der Waals surface area contributed by atoms with Crippen LogP contribution in [0.3, 0.4) is 0 Å². The van der Waals surface area contributed by atoms with Crippen LogP contribution in [0.2, 0.25) is 0 Å². The summed E-state index contributed by atoms with van der Waals surface area (Å²) in [4.78, 5) is 18.3. The maximum absolute atomic E-state index is 12.6. The molecular weight excluding hydrogens is 436 g/mol. The summed E-state index contributed by atoms with van der Waals surface area (Å²) in [5.41, 5.74) is 5.51. The monoisotopic (exact) mass is 458 g/mol. The minimum absolute atomic E-state index is 0.139. The van der Waals surface area contributed by atoms with E-state index in [0.717, 1.165) is 34.5 Å². The number of nitriles is 2. The Hall–Kier alpha value is -3.13. The van der Waals surface area contributed by atoms with E-state index in [-0.39, 0.29) is 18.2 Å². The molecule has 1 N–H and O–H groups in total. The number of fused-ring (bicyclic) bond motifs is 3. The molecule has 0 atom stereocenters. The molecule has 0 fully saturated rings. The maximum Gasteiger partial charge on any atom is 0.225 e. The topological polar surface area (TPSA) is 89.6 Å². The lowest BCUT2D eigenvalue weighted by atomic mass is 9.90. The van der Waals surface area contributed by atoms with Crippen molar-refractivity contribution in [1.29, 1.82) is 10.5 Å². The summed E-state index contributed by atoms with van der Waals surface area (Å²) in [6.07, 6.45) is 1.99. The van der Waals surface area contributed by atoms with Crippen LogP contribution in [0.15, 0.2) is 41.4 Å². The average Bonchev–Trinajstić information content (AvgIpc) is 3.16. The van der Waals surface area contributed by atoms with Gasteiger partial charge in [0.2, 0.25) is 5.91 Å². The summed E-state index contributed by atoms with van der Waals surface area (Å²) >= 11 is 2.90. The van der Waals surface area contributed by atoms with Gasteiger partial charge in [-0.1, -0.05) is 38.1 Å². The summed E-state index contributed by atoms with van der Waals surface area (Å²) in [6.45, 7) is 4.12. The number of hydrogen-bond donors (Lipinski definition) is 1. The number of amides is 1. The molecule has 1 aliphatic rings. The number of aromatic nitrogens is 1. The Morgan fingerprint density at radius 3 is 2.75 bits per heavy atom. The van der Waals surface area contributed by atoms with E-state index in [1.807, 2.05) is 18.2 Å². The van der Waals surface area contributed by atoms with Crippen molar-refractivity contribution in [3.63, 3.8) is 0 Å². The molecule has 1 aliphatic carbocycles. The molecule has 160 valence electrons. The Morgan fingerprint density at radius 1 is 1.19 bits per heavy atom. The first-order valence-corrected chi connectivity index (χ1v) is 12.3. The standard InChI is InChI=1S/C25H22N4OS2/c1-15(2)21-10-8-17(13-26)24(28-21)31-12-11-22(30)29-25-20(14-27)19-9-7-16-5-3-4-6-18(16)23(19)32-25/h3-6,8,10,15H,7,9,11-12H2,1-2H3,(H,29,30). The van der Waals surface area contributed by atoms with E-state index in [0.29, 0.717) is 26.9 Å². The predicted molar refractivity (Wildman–Crippen MR) is 129 cm³/mol. The number of carbonyl (C=O) groups excluding carboxylic acids is 1. The summed E-state index contributed by atoms with van der Waals surface area (Å²) in [5, 5.41) is 23.3. The molecule has 0 spiro atoms. The summed E-state index contributed by atoms with van der Waals surface area (Å²) in [7, 11) is 0. The van der Waals surface area contributed by atoms with Gasteiger partial charge in [-0.2, -0.15) is 10.5 Å². The summed E-state index contributed by atoms with van der Waals surface area (Å²) in [6, 6.07) is 16.4. The zero-order valence-electron chi connectivity index (χ0n) is 17.9. The van der Waals surface area contributed by atoms with Gasteiger partial charge in [0, 0.05) is 22.7 Å². The second-order valence-corrected chi connectivity index (χ2v) is 9.99. The lowest BCUT2D eigenvalue weighted by Gasteiger charge is -2.15. The molecule has 1 amide bonds. The number of rotatable bonds is 6. The third kappa shape index (κ3) is 4.41. The zero-order chi connectivity index (χ0) is 22.7. The first kappa shape index (κ1) is 22.1. The number of thioether (sulfide) groups is 1. The van der Waals surface area contributed by atoms with Gasteiger partial charge in [-0.05, 0) is 47.6 Å². The van der Waals surface area contributed by atoms with Crippen LogP contribution in [-0.2, 0) is 17.6 Å². The molecular formula is C25H22N4OS2. The molecule has 2 heterocycles. The van der Waals surface area contributed by atoms with Gasteiger partial charge >= 0.3 is 0 Å². The van der Waals surface area contributed by atoms with Gasteiger partial charge in [0.15, 0.2) is 0 Å². The lowest BCUT2D eigenvalue weighted by molar-refractivity contribution is -0.115. The molecule has 0 unspecified atom stereocenters. The first-order valence-electron chi connectivity index (χ1n) is 10.5. The van der Waals surface area contributed by atoms with Crippen molar-refractivity contribution in [2.45, 2.75) is 44.1 Å². The third-order valence-corrected chi connectivity index (χ3v) is 7.61. The van der Waals surface area contributed by atoms with E-state index in [1.165, 1.54) is 28.7 Å². The molecule has 7 heteroatoms. The van der Waals surface area contributed by atoms with Crippen molar-refractivity contribution in [3.05, 3.63) is 64.3 Å². The van der Waals surface area contributed by atoms with Crippen molar-refractivity contribution < 1.29 is 4.79 Å². The highest BCUT2D eigenvalue weighted by Crippen LogP contribution is 2.44. The summed E-state index contributed by atoms with van der Waals surface area (Å²) in [5.74, 6) is 0.634. The van der Waals surface area contributed by atoms with Crippen LogP contribution in [0.5, 0.6) is 0 Å². The fraction of sp³-hybridized carbons (Fsp3) is 0.280. The molecule has 1 aromatic carbocycles. The first-order chi connectivity index (χ1) is 15.5. The number of nitrogens with zero attached hydrogens (tertiary/aromatic N) is 3. The van der Waals surface area contributed by atoms with Crippen molar-refractivity contribution in [1.82, 2.24) is 4.98 Å². The second kappa shape index (κ2) is 9.56. The van der Waals surface area contributed by atoms with Crippen molar-refractivity contribution in [3.8, 4) is 22.6 Å². The Labute approximate surface area is 196 Å². The number of anilines is 1. The highest BCUT2D eigenvalue weighted by atomic mass is 32.2. The smallest absolute Gasteiger partial charge is 0.225 e. The maximum atomic E-state index is 12.6. The Balaban J connectivity index is 1.45. The Kier molecular flexibility index (Phi) is 6.60. The average molecular weight is 459 g/mol. The number of benzene rings is 1. The number of pyridine rings is 1. The SMILES string of the molecule is CC(C)c1ccc(C#N)c(SCCC(=O)Nc2sc3c(c2C#N)CCc2ccccc2-3)n1. The van der Waals surface area contributed by atoms with Crippen LogP contribution in [0.25, 0.3) is 10.4 Å². The van der Waals surface area contributed by atoms with Gasteiger partial charge in [0.1, 0.15) is 22.2 Å². The Morgan fingerprint density at radius 2 is 2.00 bits per heavy atom. The van der Waals surface area contributed by atoms with Crippen LogP contribution in [0, 0.1) is 22.7 Å². The normalized spacial score (nSPS) is 11.9. The fourth-order valence-electron chi connectivity index (χ4n) is 3.75. The van der Waals surface area contributed by atoms with Gasteiger partial charge in [0.05, 0.1) is 11.1 Å². The fourth-order valence-corrected chi connectivity index (χ4v) is 5.94. The third-order valence-electron chi connectivity index (χ3n) is 5.44. The highest BCUT2D eigenvalue weighted by Gasteiger charge is 2.25. The molecule has 5 nitrogen and oxygen atoms in total. The molecule has 4 rings (SSSR count). The van der Waals surface area contributed by atoms with Crippen molar-refractivity contribution in [2.24, 2.45) is 0 Å². The van der Waals surface area contributed by atoms with E-state index in [9.17, 15) is 15.3 Å². The largest absolute Gasteiger partial charge is 0.317 e. The summed E-state index contributed by atoms with van der Waals surface area (Å²) < 4.78 is 0.